The lowest BCUT2D eigenvalue weighted by Crippen LogP contribution is -2.27. The summed E-state index contributed by atoms with van der Waals surface area (Å²) in [5.41, 5.74) is 0.880. The van der Waals surface area contributed by atoms with Gasteiger partial charge in [0.25, 0.3) is 0 Å². The third kappa shape index (κ3) is 4.47. The number of hydrogen-bond acceptors (Lipinski definition) is 4. The van der Waals surface area contributed by atoms with Gasteiger partial charge in [-0.25, -0.2) is 4.98 Å². The Bertz CT molecular complexity index is 499. The summed E-state index contributed by atoms with van der Waals surface area (Å²) in [5.74, 6) is 1.45. The standard InChI is InChI=1S/C12H17BrClN5/c1-5-6-9(11(15-2)19(3)4)17-10-8(13)7-16-12(14)18-10/h6-7H,5H2,1-4H3,(H,16,17,18)/b9-6+,15-11?. The molecular formula is C12H17BrClN5. The maximum atomic E-state index is 5.81. The number of allylic oxidation sites excluding steroid dienone is 1. The van der Waals surface area contributed by atoms with Crippen molar-refractivity contribution in [2.45, 2.75) is 13.3 Å². The van der Waals surface area contributed by atoms with Crippen LogP contribution in [0.25, 0.3) is 0 Å². The van der Waals surface area contributed by atoms with Gasteiger partial charge in [0.2, 0.25) is 5.28 Å². The van der Waals surface area contributed by atoms with Crippen LogP contribution in [0.3, 0.4) is 0 Å². The van der Waals surface area contributed by atoms with Crippen molar-refractivity contribution in [1.82, 2.24) is 14.9 Å². The first kappa shape index (κ1) is 15.9. The Balaban J connectivity index is 3.10. The SMILES string of the molecule is CC/C=C(/Nc1nc(Cl)ncc1Br)C(=NC)N(C)C. The molecule has 5 nitrogen and oxygen atoms in total. The van der Waals surface area contributed by atoms with Crippen LogP contribution in [0.5, 0.6) is 0 Å². The van der Waals surface area contributed by atoms with Crippen LogP contribution < -0.4 is 5.32 Å². The minimum absolute atomic E-state index is 0.196. The Morgan fingerprint density at radius 1 is 1.58 bits per heavy atom. The van der Waals surface area contributed by atoms with E-state index in [9.17, 15) is 0 Å². The normalized spacial score (nSPS) is 12.5. The minimum Gasteiger partial charge on any atom is -0.361 e. The van der Waals surface area contributed by atoms with E-state index in [0.717, 1.165) is 22.4 Å². The molecule has 0 unspecified atom stereocenters. The van der Waals surface area contributed by atoms with Gasteiger partial charge in [0.05, 0.1) is 10.2 Å². The first-order chi connectivity index (χ1) is 8.99. The molecule has 0 aliphatic carbocycles. The third-order valence-corrected chi connectivity index (χ3v) is 3.01. The van der Waals surface area contributed by atoms with E-state index < -0.39 is 0 Å². The van der Waals surface area contributed by atoms with Gasteiger partial charge in [-0.15, -0.1) is 0 Å². The van der Waals surface area contributed by atoms with Gasteiger partial charge < -0.3 is 10.2 Å². The predicted octanol–water partition coefficient (Wildman–Crippen LogP) is 3.19. The zero-order valence-corrected chi connectivity index (χ0v) is 13.7. The Labute approximate surface area is 126 Å². The van der Waals surface area contributed by atoms with Gasteiger partial charge in [-0.05, 0) is 34.0 Å². The number of nitrogens with zero attached hydrogens (tertiary/aromatic N) is 4. The van der Waals surface area contributed by atoms with Gasteiger partial charge >= 0.3 is 0 Å². The number of halogens is 2. The highest BCUT2D eigenvalue weighted by Gasteiger charge is 2.12. The van der Waals surface area contributed by atoms with Gasteiger partial charge in [0.15, 0.2) is 0 Å². The second-order valence-electron chi connectivity index (χ2n) is 3.93. The van der Waals surface area contributed by atoms with Crippen LogP contribution in [0.15, 0.2) is 27.4 Å². The van der Waals surface area contributed by atoms with Crippen molar-refractivity contribution in [2.75, 3.05) is 26.5 Å². The fraction of sp³-hybridized carbons (Fsp3) is 0.417. The Morgan fingerprint density at radius 3 is 2.79 bits per heavy atom. The highest BCUT2D eigenvalue weighted by molar-refractivity contribution is 9.10. The molecule has 0 saturated carbocycles. The molecule has 1 rings (SSSR count). The van der Waals surface area contributed by atoms with Crippen LogP contribution >= 0.6 is 27.5 Å². The highest BCUT2D eigenvalue weighted by atomic mass is 79.9. The molecule has 1 aromatic heterocycles. The van der Waals surface area contributed by atoms with Gasteiger partial charge in [0.1, 0.15) is 11.7 Å². The van der Waals surface area contributed by atoms with Gasteiger partial charge in [-0.1, -0.05) is 13.0 Å². The second-order valence-corrected chi connectivity index (χ2v) is 5.12. The van der Waals surface area contributed by atoms with Gasteiger partial charge in [0, 0.05) is 27.3 Å². The number of amidine groups is 1. The van der Waals surface area contributed by atoms with Crippen molar-refractivity contribution in [3.05, 3.63) is 27.7 Å². The molecule has 19 heavy (non-hydrogen) atoms. The quantitative estimate of drug-likeness (QED) is 0.517. The lowest BCUT2D eigenvalue weighted by Gasteiger charge is -2.19. The van der Waals surface area contributed by atoms with E-state index in [2.05, 4.69) is 43.1 Å². The van der Waals surface area contributed by atoms with E-state index >= 15 is 0 Å². The van der Waals surface area contributed by atoms with Crippen LogP contribution in [0.4, 0.5) is 5.82 Å². The predicted molar refractivity (Wildman–Crippen MR) is 83.8 cm³/mol. The molecule has 104 valence electrons. The molecule has 0 radical (unpaired) electrons. The number of aliphatic imine (C=N–C) groups is 1. The lowest BCUT2D eigenvalue weighted by molar-refractivity contribution is 0.621. The van der Waals surface area contributed by atoms with Crippen molar-refractivity contribution >= 4 is 39.2 Å². The molecule has 0 saturated heterocycles. The maximum absolute atomic E-state index is 5.81. The summed E-state index contributed by atoms with van der Waals surface area (Å²) in [6.07, 6.45) is 4.54. The van der Waals surface area contributed by atoms with Crippen LogP contribution in [-0.2, 0) is 0 Å². The number of hydrogen-bond donors (Lipinski definition) is 1. The first-order valence-corrected chi connectivity index (χ1v) is 6.96. The van der Waals surface area contributed by atoms with Gasteiger partial charge in [-0.3, -0.25) is 4.99 Å². The van der Waals surface area contributed by atoms with Crippen molar-refractivity contribution < 1.29 is 0 Å². The van der Waals surface area contributed by atoms with Crippen LogP contribution in [0, 0.1) is 0 Å². The van der Waals surface area contributed by atoms with E-state index in [1.807, 2.05) is 25.1 Å². The summed E-state index contributed by atoms with van der Waals surface area (Å²) in [7, 11) is 5.63. The molecule has 0 aliphatic rings. The Kier molecular flexibility index (Phi) is 6.24. The molecule has 1 N–H and O–H groups in total. The number of likely N-dealkylation sites (N-methyl/N-ethyl adjacent to an activating group) is 1. The monoisotopic (exact) mass is 345 g/mol. The number of nitrogens with one attached hydrogen (secondary N) is 1. The summed E-state index contributed by atoms with van der Waals surface area (Å²) < 4.78 is 0.744. The van der Waals surface area contributed by atoms with Crippen molar-refractivity contribution in [3.8, 4) is 0 Å². The first-order valence-electron chi connectivity index (χ1n) is 5.79. The molecular weight excluding hydrogens is 330 g/mol. The molecule has 0 amide bonds. The molecule has 0 bridgehead atoms. The summed E-state index contributed by atoms with van der Waals surface area (Å²) in [6, 6.07) is 0. The van der Waals surface area contributed by atoms with Crippen molar-refractivity contribution in [2.24, 2.45) is 4.99 Å². The third-order valence-electron chi connectivity index (χ3n) is 2.25. The molecule has 1 aromatic rings. The summed E-state index contributed by atoms with van der Waals surface area (Å²) >= 11 is 9.20. The van der Waals surface area contributed by atoms with Crippen molar-refractivity contribution in [3.63, 3.8) is 0 Å². The number of aromatic nitrogens is 2. The molecule has 0 fully saturated rings. The molecule has 0 atom stereocenters. The zero-order chi connectivity index (χ0) is 14.4. The fourth-order valence-electron chi connectivity index (χ4n) is 1.52. The van der Waals surface area contributed by atoms with Crippen LogP contribution in [-0.4, -0.2) is 41.8 Å². The Hall–Kier alpha value is -1.14. The van der Waals surface area contributed by atoms with E-state index in [1.54, 1.807) is 13.2 Å². The summed E-state index contributed by atoms with van der Waals surface area (Å²) in [5, 5.41) is 3.42. The Morgan fingerprint density at radius 2 is 2.26 bits per heavy atom. The molecule has 0 aromatic carbocycles. The van der Waals surface area contributed by atoms with E-state index in [0.29, 0.717) is 5.82 Å². The maximum Gasteiger partial charge on any atom is 0.224 e. The smallest absolute Gasteiger partial charge is 0.224 e. The van der Waals surface area contributed by atoms with Crippen LogP contribution in [0.2, 0.25) is 5.28 Å². The lowest BCUT2D eigenvalue weighted by atomic mass is 10.3. The average Bonchev–Trinajstić information content (AvgIpc) is 2.34. The summed E-state index contributed by atoms with van der Waals surface area (Å²) in [4.78, 5) is 14.3. The van der Waals surface area contributed by atoms with Crippen molar-refractivity contribution in [1.29, 1.82) is 0 Å². The zero-order valence-electron chi connectivity index (χ0n) is 11.4. The van der Waals surface area contributed by atoms with E-state index in [4.69, 9.17) is 11.6 Å². The van der Waals surface area contributed by atoms with Crippen LogP contribution in [0.1, 0.15) is 13.3 Å². The topological polar surface area (TPSA) is 53.4 Å². The number of anilines is 1. The molecule has 7 heteroatoms. The second kappa shape index (κ2) is 7.45. The average molecular weight is 347 g/mol. The fourth-order valence-corrected chi connectivity index (χ4v) is 1.95. The van der Waals surface area contributed by atoms with E-state index in [-0.39, 0.29) is 5.28 Å². The van der Waals surface area contributed by atoms with E-state index in [1.165, 1.54) is 0 Å². The molecule has 0 spiro atoms. The largest absolute Gasteiger partial charge is 0.361 e. The number of rotatable bonds is 4. The van der Waals surface area contributed by atoms with Gasteiger partial charge in [-0.2, -0.15) is 4.98 Å². The molecule has 0 aliphatic heterocycles. The molecule has 1 heterocycles. The summed E-state index contributed by atoms with van der Waals surface area (Å²) in [6.45, 7) is 2.06. The highest BCUT2D eigenvalue weighted by Crippen LogP contribution is 2.22. The minimum atomic E-state index is 0.196.